The molecule has 2 heterocycles. The van der Waals surface area contributed by atoms with Crippen molar-refractivity contribution in [2.45, 2.75) is 19.1 Å². The summed E-state index contributed by atoms with van der Waals surface area (Å²) in [5, 5.41) is 6.82. The maximum atomic E-state index is 12.5. The maximum absolute atomic E-state index is 12.5. The van der Waals surface area contributed by atoms with Crippen LogP contribution in [0.2, 0.25) is 5.02 Å². The second kappa shape index (κ2) is 5.38. The van der Waals surface area contributed by atoms with Crippen molar-refractivity contribution in [1.82, 2.24) is 4.98 Å². The molecule has 0 bridgehead atoms. The minimum atomic E-state index is -4.44. The van der Waals surface area contributed by atoms with Crippen LogP contribution in [0.4, 0.5) is 19.0 Å². The molecule has 0 fully saturated rings. The zero-order valence-corrected chi connectivity index (χ0v) is 11.4. The fraction of sp³-hybridized carbons (Fsp3) is 0.250. The summed E-state index contributed by atoms with van der Waals surface area (Å²) < 4.78 is 37.4. The molecule has 2 rings (SSSR count). The third-order valence-electron chi connectivity index (χ3n) is 2.56. The second-order valence-electron chi connectivity index (χ2n) is 3.97. The van der Waals surface area contributed by atoms with Gasteiger partial charge in [0.25, 0.3) is 0 Å². The van der Waals surface area contributed by atoms with E-state index in [2.05, 4.69) is 10.3 Å². The molecule has 7 heteroatoms. The monoisotopic (exact) mass is 306 g/mol. The molecule has 0 saturated carbocycles. The first-order chi connectivity index (χ1) is 8.88. The van der Waals surface area contributed by atoms with Crippen LogP contribution in [0.3, 0.4) is 0 Å². The number of anilines is 1. The van der Waals surface area contributed by atoms with Crippen LogP contribution < -0.4 is 5.32 Å². The van der Waals surface area contributed by atoms with E-state index in [1.807, 2.05) is 23.8 Å². The quantitative estimate of drug-likeness (QED) is 0.864. The topological polar surface area (TPSA) is 24.9 Å². The second-order valence-corrected chi connectivity index (χ2v) is 5.16. The Hall–Kier alpha value is -1.27. The number of rotatable bonds is 3. The predicted octanol–water partition coefficient (Wildman–Crippen LogP) is 4.99. The van der Waals surface area contributed by atoms with Crippen LogP contribution in [-0.4, -0.2) is 4.98 Å². The molecule has 2 aromatic rings. The minimum absolute atomic E-state index is 0.0445. The van der Waals surface area contributed by atoms with Gasteiger partial charge >= 0.3 is 6.18 Å². The Labute approximate surface area is 117 Å². The van der Waals surface area contributed by atoms with Gasteiger partial charge in [-0.05, 0) is 35.4 Å². The SMILES string of the molecule is CC(Nc1ncc(C(F)(F)F)cc1Cl)c1ccsc1. The van der Waals surface area contributed by atoms with Crippen LogP contribution in [-0.2, 0) is 6.18 Å². The molecule has 0 aliphatic carbocycles. The molecule has 1 N–H and O–H groups in total. The molecular weight excluding hydrogens is 297 g/mol. The van der Waals surface area contributed by atoms with E-state index in [-0.39, 0.29) is 16.9 Å². The van der Waals surface area contributed by atoms with Crippen molar-refractivity contribution >= 4 is 28.8 Å². The summed E-state index contributed by atoms with van der Waals surface area (Å²) in [6.45, 7) is 1.89. The van der Waals surface area contributed by atoms with E-state index in [9.17, 15) is 13.2 Å². The highest BCUT2D eigenvalue weighted by Gasteiger charge is 2.31. The molecule has 0 aliphatic heterocycles. The number of pyridine rings is 1. The fourth-order valence-electron chi connectivity index (χ4n) is 1.51. The molecular formula is C12H10ClF3N2S. The number of aromatic nitrogens is 1. The van der Waals surface area contributed by atoms with E-state index in [0.29, 0.717) is 0 Å². The van der Waals surface area contributed by atoms with Gasteiger partial charge in [0.1, 0.15) is 5.82 Å². The summed E-state index contributed by atoms with van der Waals surface area (Å²) in [4.78, 5) is 3.73. The van der Waals surface area contributed by atoms with Crippen LogP contribution in [0.5, 0.6) is 0 Å². The van der Waals surface area contributed by atoms with Crippen LogP contribution in [0.1, 0.15) is 24.1 Å². The molecule has 19 heavy (non-hydrogen) atoms. The Balaban J connectivity index is 2.18. The van der Waals surface area contributed by atoms with E-state index in [0.717, 1.165) is 17.8 Å². The van der Waals surface area contributed by atoms with Crippen LogP contribution >= 0.6 is 22.9 Å². The number of nitrogens with zero attached hydrogens (tertiary/aromatic N) is 1. The molecule has 2 nitrogen and oxygen atoms in total. The molecule has 0 amide bonds. The van der Waals surface area contributed by atoms with Gasteiger partial charge in [-0.25, -0.2) is 4.98 Å². The Morgan fingerprint density at radius 1 is 1.42 bits per heavy atom. The van der Waals surface area contributed by atoms with Gasteiger partial charge in [0, 0.05) is 6.20 Å². The molecule has 1 atom stereocenters. The fourth-order valence-corrected chi connectivity index (χ4v) is 2.48. The molecule has 0 saturated heterocycles. The molecule has 1 unspecified atom stereocenters. The summed E-state index contributed by atoms with van der Waals surface area (Å²) in [6, 6.07) is 2.73. The number of alkyl halides is 3. The number of hydrogen-bond acceptors (Lipinski definition) is 3. The Morgan fingerprint density at radius 2 is 2.16 bits per heavy atom. The van der Waals surface area contributed by atoms with Crippen LogP contribution in [0.25, 0.3) is 0 Å². The van der Waals surface area contributed by atoms with Gasteiger partial charge in [0.15, 0.2) is 0 Å². The molecule has 102 valence electrons. The number of hydrogen-bond donors (Lipinski definition) is 1. The highest BCUT2D eigenvalue weighted by atomic mass is 35.5. The summed E-state index contributed by atoms with van der Waals surface area (Å²) in [5.74, 6) is 0.244. The molecule has 0 aliphatic rings. The average molecular weight is 307 g/mol. The van der Waals surface area contributed by atoms with Gasteiger partial charge in [-0.2, -0.15) is 24.5 Å². The molecule has 2 aromatic heterocycles. The minimum Gasteiger partial charge on any atom is -0.362 e. The van der Waals surface area contributed by atoms with Gasteiger partial charge < -0.3 is 5.32 Å². The first kappa shape index (κ1) is 14.1. The summed E-state index contributed by atoms with van der Waals surface area (Å²) in [6.07, 6.45) is -3.66. The zero-order valence-electron chi connectivity index (χ0n) is 9.83. The van der Waals surface area contributed by atoms with Gasteiger partial charge in [-0.1, -0.05) is 11.6 Å². The smallest absolute Gasteiger partial charge is 0.362 e. The molecule has 0 aromatic carbocycles. The van der Waals surface area contributed by atoms with Crippen molar-refractivity contribution in [2.24, 2.45) is 0 Å². The largest absolute Gasteiger partial charge is 0.417 e. The van der Waals surface area contributed by atoms with E-state index in [1.54, 1.807) is 11.3 Å². The van der Waals surface area contributed by atoms with E-state index in [4.69, 9.17) is 11.6 Å². The van der Waals surface area contributed by atoms with Crippen LogP contribution in [0, 0.1) is 0 Å². The third kappa shape index (κ3) is 3.39. The van der Waals surface area contributed by atoms with Gasteiger partial charge in [-0.3, -0.25) is 0 Å². The van der Waals surface area contributed by atoms with E-state index < -0.39 is 11.7 Å². The summed E-state index contributed by atoms with van der Waals surface area (Å²) >= 11 is 7.36. The van der Waals surface area contributed by atoms with Crippen molar-refractivity contribution in [3.05, 3.63) is 45.2 Å². The summed E-state index contributed by atoms with van der Waals surface area (Å²) in [7, 11) is 0. The Morgan fingerprint density at radius 3 is 2.68 bits per heavy atom. The van der Waals surface area contributed by atoms with Gasteiger partial charge in [0.2, 0.25) is 0 Å². The molecule has 0 radical (unpaired) electrons. The standard InChI is InChI=1S/C12H10ClF3N2S/c1-7(8-2-3-19-6-8)18-11-10(13)4-9(5-17-11)12(14,15)16/h2-7H,1H3,(H,17,18). The van der Waals surface area contributed by atoms with Gasteiger partial charge in [-0.15, -0.1) is 0 Å². The third-order valence-corrected chi connectivity index (χ3v) is 3.55. The van der Waals surface area contributed by atoms with Crippen molar-refractivity contribution in [1.29, 1.82) is 0 Å². The predicted molar refractivity (Wildman–Crippen MR) is 70.6 cm³/mol. The highest BCUT2D eigenvalue weighted by Crippen LogP contribution is 2.33. The summed E-state index contributed by atoms with van der Waals surface area (Å²) in [5.41, 5.74) is 0.175. The average Bonchev–Trinajstić information content (AvgIpc) is 2.84. The van der Waals surface area contributed by atoms with Gasteiger partial charge in [0.05, 0.1) is 16.6 Å². The maximum Gasteiger partial charge on any atom is 0.417 e. The van der Waals surface area contributed by atoms with Crippen molar-refractivity contribution in [2.75, 3.05) is 5.32 Å². The zero-order chi connectivity index (χ0) is 14.0. The first-order valence-corrected chi connectivity index (χ1v) is 6.71. The Bertz CT molecular complexity index is 555. The lowest BCUT2D eigenvalue weighted by Gasteiger charge is -2.15. The van der Waals surface area contributed by atoms with Crippen LogP contribution in [0.15, 0.2) is 29.1 Å². The van der Waals surface area contributed by atoms with E-state index >= 15 is 0 Å². The highest BCUT2D eigenvalue weighted by molar-refractivity contribution is 7.07. The lowest BCUT2D eigenvalue weighted by molar-refractivity contribution is -0.137. The van der Waals surface area contributed by atoms with Crippen molar-refractivity contribution in [3.8, 4) is 0 Å². The number of thiophene rings is 1. The lowest BCUT2D eigenvalue weighted by Crippen LogP contribution is -2.10. The first-order valence-electron chi connectivity index (χ1n) is 5.39. The lowest BCUT2D eigenvalue weighted by atomic mass is 10.2. The van der Waals surface area contributed by atoms with E-state index in [1.165, 1.54) is 0 Å². The number of nitrogens with one attached hydrogen (secondary N) is 1. The number of halogens is 4. The van der Waals surface area contributed by atoms with Crippen molar-refractivity contribution in [3.63, 3.8) is 0 Å². The molecule has 0 spiro atoms. The van der Waals surface area contributed by atoms with Crippen molar-refractivity contribution < 1.29 is 13.2 Å². The normalized spacial score (nSPS) is 13.3. The Kier molecular flexibility index (Phi) is 4.01.